The van der Waals surface area contributed by atoms with Gasteiger partial charge in [0, 0.05) is 6.04 Å². The van der Waals surface area contributed by atoms with Gasteiger partial charge < -0.3 is 5.32 Å². The van der Waals surface area contributed by atoms with E-state index in [2.05, 4.69) is 52.4 Å². The Bertz CT molecular complexity index is 641. The van der Waals surface area contributed by atoms with Crippen LogP contribution >= 0.6 is 15.9 Å². The van der Waals surface area contributed by atoms with Gasteiger partial charge in [0.05, 0.1) is 4.47 Å². The van der Waals surface area contributed by atoms with Gasteiger partial charge in [-0.2, -0.15) is 0 Å². The number of halogens is 2. The second-order valence-electron chi connectivity index (χ2n) is 5.65. The van der Waals surface area contributed by atoms with Crippen LogP contribution in [0.25, 0.3) is 0 Å². The molecule has 0 spiro atoms. The SMILES string of the molecule is CCNC1c2ccccc2CC1Cc1ccc(F)c(Br)c1. The van der Waals surface area contributed by atoms with E-state index < -0.39 is 0 Å². The van der Waals surface area contributed by atoms with Crippen LogP contribution in [0.2, 0.25) is 0 Å². The van der Waals surface area contributed by atoms with Crippen molar-refractivity contribution in [3.8, 4) is 0 Å². The Morgan fingerprint density at radius 3 is 2.81 bits per heavy atom. The Balaban J connectivity index is 1.83. The number of hydrogen-bond acceptors (Lipinski definition) is 1. The molecule has 2 atom stereocenters. The Labute approximate surface area is 133 Å². The highest BCUT2D eigenvalue weighted by Crippen LogP contribution is 2.38. The third-order valence-electron chi connectivity index (χ3n) is 4.25. The van der Waals surface area contributed by atoms with E-state index in [1.165, 1.54) is 16.7 Å². The van der Waals surface area contributed by atoms with Crippen molar-refractivity contribution >= 4 is 15.9 Å². The summed E-state index contributed by atoms with van der Waals surface area (Å²) in [6.07, 6.45) is 2.05. The first kappa shape index (κ1) is 14.7. The molecule has 21 heavy (non-hydrogen) atoms. The van der Waals surface area contributed by atoms with Crippen LogP contribution in [0.1, 0.15) is 29.7 Å². The molecule has 1 N–H and O–H groups in total. The molecule has 1 aliphatic rings. The average Bonchev–Trinajstić information content (AvgIpc) is 2.81. The van der Waals surface area contributed by atoms with Gasteiger partial charge in [-0.15, -0.1) is 0 Å². The zero-order valence-corrected chi connectivity index (χ0v) is 13.7. The smallest absolute Gasteiger partial charge is 0.137 e. The number of rotatable bonds is 4. The first-order valence-electron chi connectivity index (χ1n) is 7.44. The minimum absolute atomic E-state index is 0.198. The highest BCUT2D eigenvalue weighted by atomic mass is 79.9. The molecule has 0 heterocycles. The summed E-state index contributed by atoms with van der Waals surface area (Å²) in [7, 11) is 0. The van der Waals surface area contributed by atoms with E-state index in [0.29, 0.717) is 16.4 Å². The lowest BCUT2D eigenvalue weighted by atomic mass is 9.93. The lowest BCUT2D eigenvalue weighted by molar-refractivity contribution is 0.393. The van der Waals surface area contributed by atoms with Gasteiger partial charge in [0.15, 0.2) is 0 Å². The number of benzene rings is 2. The summed E-state index contributed by atoms with van der Waals surface area (Å²) in [6.45, 7) is 3.11. The van der Waals surface area contributed by atoms with E-state index in [1.54, 1.807) is 6.07 Å². The van der Waals surface area contributed by atoms with Crippen molar-refractivity contribution in [2.45, 2.75) is 25.8 Å². The van der Waals surface area contributed by atoms with Gasteiger partial charge in [0.1, 0.15) is 5.82 Å². The van der Waals surface area contributed by atoms with Crippen LogP contribution in [0, 0.1) is 11.7 Å². The van der Waals surface area contributed by atoms with Gasteiger partial charge in [-0.25, -0.2) is 4.39 Å². The third-order valence-corrected chi connectivity index (χ3v) is 4.86. The molecule has 0 bridgehead atoms. The molecule has 1 aliphatic carbocycles. The minimum Gasteiger partial charge on any atom is -0.310 e. The zero-order chi connectivity index (χ0) is 14.8. The van der Waals surface area contributed by atoms with Crippen LogP contribution < -0.4 is 5.32 Å². The fourth-order valence-corrected chi connectivity index (χ4v) is 3.76. The van der Waals surface area contributed by atoms with E-state index in [0.717, 1.165) is 19.4 Å². The molecule has 0 radical (unpaired) electrons. The van der Waals surface area contributed by atoms with Crippen molar-refractivity contribution in [1.82, 2.24) is 5.32 Å². The highest BCUT2D eigenvalue weighted by molar-refractivity contribution is 9.10. The fourth-order valence-electron chi connectivity index (χ4n) is 3.33. The van der Waals surface area contributed by atoms with Crippen molar-refractivity contribution in [2.24, 2.45) is 5.92 Å². The van der Waals surface area contributed by atoms with E-state index in [-0.39, 0.29) is 5.82 Å². The molecule has 0 amide bonds. The van der Waals surface area contributed by atoms with Gasteiger partial charge in [-0.1, -0.05) is 37.3 Å². The summed E-state index contributed by atoms with van der Waals surface area (Å²) in [5.41, 5.74) is 4.05. The molecule has 0 aliphatic heterocycles. The minimum atomic E-state index is -0.198. The number of hydrogen-bond donors (Lipinski definition) is 1. The highest BCUT2D eigenvalue weighted by Gasteiger charge is 2.31. The van der Waals surface area contributed by atoms with Gasteiger partial charge >= 0.3 is 0 Å². The molecule has 2 aromatic carbocycles. The topological polar surface area (TPSA) is 12.0 Å². The molecule has 0 aromatic heterocycles. The molecule has 3 heteroatoms. The van der Waals surface area contributed by atoms with Crippen LogP contribution in [-0.4, -0.2) is 6.54 Å². The maximum Gasteiger partial charge on any atom is 0.137 e. The number of nitrogens with one attached hydrogen (secondary N) is 1. The van der Waals surface area contributed by atoms with Crippen LogP contribution in [0.4, 0.5) is 4.39 Å². The summed E-state index contributed by atoms with van der Waals surface area (Å²) < 4.78 is 13.9. The molecule has 0 fully saturated rings. The Hall–Kier alpha value is -1.19. The second-order valence-corrected chi connectivity index (χ2v) is 6.51. The summed E-state index contributed by atoms with van der Waals surface area (Å²) >= 11 is 3.28. The summed E-state index contributed by atoms with van der Waals surface area (Å²) in [5.74, 6) is 0.330. The van der Waals surface area contributed by atoms with Crippen molar-refractivity contribution in [3.63, 3.8) is 0 Å². The van der Waals surface area contributed by atoms with Gasteiger partial charge in [-0.05, 0) is 70.1 Å². The van der Waals surface area contributed by atoms with E-state index >= 15 is 0 Å². The van der Waals surface area contributed by atoms with Crippen LogP contribution in [0.3, 0.4) is 0 Å². The quantitative estimate of drug-likeness (QED) is 0.848. The molecule has 2 unspecified atom stereocenters. The second kappa shape index (κ2) is 6.29. The zero-order valence-electron chi connectivity index (χ0n) is 12.1. The molecule has 3 rings (SSSR count). The monoisotopic (exact) mass is 347 g/mol. The third kappa shape index (κ3) is 3.04. The lowest BCUT2D eigenvalue weighted by Gasteiger charge is -2.21. The maximum atomic E-state index is 13.4. The predicted molar refractivity (Wildman–Crippen MR) is 87.9 cm³/mol. The molecular weight excluding hydrogens is 329 g/mol. The largest absolute Gasteiger partial charge is 0.310 e. The fraction of sp³-hybridized carbons (Fsp3) is 0.333. The molecule has 110 valence electrons. The van der Waals surface area contributed by atoms with Crippen molar-refractivity contribution in [1.29, 1.82) is 0 Å². The van der Waals surface area contributed by atoms with Gasteiger partial charge in [0.25, 0.3) is 0 Å². The first-order valence-corrected chi connectivity index (χ1v) is 8.23. The molecule has 0 saturated carbocycles. The Morgan fingerprint density at radius 1 is 1.24 bits per heavy atom. The van der Waals surface area contributed by atoms with E-state index in [1.807, 2.05) is 12.1 Å². The van der Waals surface area contributed by atoms with E-state index in [4.69, 9.17) is 0 Å². The predicted octanol–water partition coefficient (Wildman–Crippen LogP) is 4.65. The van der Waals surface area contributed by atoms with Gasteiger partial charge in [0.2, 0.25) is 0 Å². The van der Waals surface area contributed by atoms with Crippen LogP contribution in [0.5, 0.6) is 0 Å². The molecular formula is C18H19BrFN. The normalized spacial score (nSPS) is 20.5. The average molecular weight is 348 g/mol. The van der Waals surface area contributed by atoms with Crippen molar-refractivity contribution in [3.05, 3.63) is 69.4 Å². The standard InChI is InChI=1S/C18H19BrFN/c1-2-21-18-14(11-13-5-3-4-6-15(13)18)9-12-7-8-17(20)16(19)10-12/h3-8,10,14,18,21H,2,9,11H2,1H3. The molecule has 2 aromatic rings. The van der Waals surface area contributed by atoms with E-state index in [9.17, 15) is 4.39 Å². The number of fused-ring (bicyclic) bond motifs is 1. The maximum absolute atomic E-state index is 13.4. The summed E-state index contributed by atoms with van der Waals surface area (Å²) in [4.78, 5) is 0. The molecule has 1 nitrogen and oxygen atoms in total. The molecule has 0 saturated heterocycles. The van der Waals surface area contributed by atoms with Crippen LogP contribution in [-0.2, 0) is 12.8 Å². The summed E-state index contributed by atoms with van der Waals surface area (Å²) in [5, 5.41) is 3.61. The summed E-state index contributed by atoms with van der Waals surface area (Å²) in [6, 6.07) is 14.4. The van der Waals surface area contributed by atoms with Gasteiger partial charge in [-0.3, -0.25) is 0 Å². The lowest BCUT2D eigenvalue weighted by Crippen LogP contribution is -2.26. The van der Waals surface area contributed by atoms with Crippen molar-refractivity contribution in [2.75, 3.05) is 6.54 Å². The van der Waals surface area contributed by atoms with Crippen molar-refractivity contribution < 1.29 is 4.39 Å². The Morgan fingerprint density at radius 2 is 2.05 bits per heavy atom. The Kier molecular flexibility index (Phi) is 4.41. The van der Waals surface area contributed by atoms with Crippen LogP contribution in [0.15, 0.2) is 46.9 Å². The first-order chi connectivity index (χ1) is 10.2.